The van der Waals surface area contributed by atoms with Crippen molar-refractivity contribution in [3.8, 4) is 0 Å². The van der Waals surface area contributed by atoms with Crippen LogP contribution >= 0.6 is 24.0 Å². The van der Waals surface area contributed by atoms with Crippen molar-refractivity contribution >= 4 is 35.6 Å². The molecule has 0 atom stereocenters. The molecule has 0 bridgehead atoms. The standard InChI is InChI=1S/C22H30N4O.HI/c1-3-19-6-4-5-7-20(19)17-25-22(23-2)24-16-18-8-10-21(11-9-18)26-12-14-27-15-13-26;/h4-11H,3,12-17H2,1-2H3,(H2,23,24,25);1H. The minimum atomic E-state index is 0. The Morgan fingerprint density at radius 1 is 0.964 bits per heavy atom. The quantitative estimate of drug-likeness (QED) is 0.367. The summed E-state index contributed by atoms with van der Waals surface area (Å²) in [7, 11) is 1.81. The molecule has 5 nitrogen and oxygen atoms in total. The van der Waals surface area contributed by atoms with E-state index in [1.54, 1.807) is 0 Å². The average molecular weight is 494 g/mol. The molecule has 0 aliphatic carbocycles. The summed E-state index contributed by atoms with van der Waals surface area (Å²) in [6, 6.07) is 17.3. The molecule has 2 aromatic rings. The van der Waals surface area contributed by atoms with Gasteiger partial charge in [-0.2, -0.15) is 0 Å². The van der Waals surface area contributed by atoms with E-state index in [1.807, 2.05) is 7.05 Å². The third kappa shape index (κ3) is 6.38. The Bertz CT molecular complexity index is 742. The Kier molecular flexibility index (Phi) is 9.57. The highest BCUT2D eigenvalue weighted by molar-refractivity contribution is 14.0. The molecule has 1 aliphatic rings. The fourth-order valence-electron chi connectivity index (χ4n) is 3.31. The van der Waals surface area contributed by atoms with E-state index in [9.17, 15) is 0 Å². The second kappa shape index (κ2) is 11.9. The van der Waals surface area contributed by atoms with Crippen molar-refractivity contribution in [1.29, 1.82) is 0 Å². The summed E-state index contributed by atoms with van der Waals surface area (Å²) in [6.07, 6.45) is 1.04. The number of morpholine rings is 1. The van der Waals surface area contributed by atoms with Crippen molar-refractivity contribution in [2.75, 3.05) is 38.3 Å². The number of ether oxygens (including phenoxy) is 1. The van der Waals surface area contributed by atoms with Crippen LogP contribution in [0.2, 0.25) is 0 Å². The Hall–Kier alpha value is -1.80. The molecule has 3 rings (SSSR count). The number of anilines is 1. The summed E-state index contributed by atoms with van der Waals surface area (Å²) in [6.45, 7) is 7.27. The van der Waals surface area contributed by atoms with Gasteiger partial charge in [0.1, 0.15) is 0 Å². The highest BCUT2D eigenvalue weighted by Gasteiger charge is 2.10. The molecule has 0 unspecified atom stereocenters. The molecule has 1 saturated heterocycles. The van der Waals surface area contributed by atoms with Crippen molar-refractivity contribution < 1.29 is 4.74 Å². The third-order valence-electron chi connectivity index (χ3n) is 4.94. The van der Waals surface area contributed by atoms with Gasteiger partial charge in [-0.25, -0.2) is 0 Å². The lowest BCUT2D eigenvalue weighted by Gasteiger charge is -2.28. The molecule has 0 radical (unpaired) electrons. The summed E-state index contributed by atoms with van der Waals surface area (Å²) in [5.41, 5.74) is 5.20. The number of nitrogens with one attached hydrogen (secondary N) is 2. The molecule has 1 fully saturated rings. The molecular weight excluding hydrogens is 463 g/mol. The van der Waals surface area contributed by atoms with Crippen LogP contribution in [0.25, 0.3) is 0 Å². The summed E-state index contributed by atoms with van der Waals surface area (Å²) in [5.74, 6) is 0.818. The zero-order valence-electron chi connectivity index (χ0n) is 16.8. The lowest BCUT2D eigenvalue weighted by molar-refractivity contribution is 0.122. The predicted octanol–water partition coefficient (Wildman–Crippen LogP) is 3.57. The van der Waals surface area contributed by atoms with Gasteiger partial charge >= 0.3 is 0 Å². The van der Waals surface area contributed by atoms with Crippen molar-refractivity contribution in [2.24, 2.45) is 4.99 Å². The number of benzene rings is 2. The van der Waals surface area contributed by atoms with Crippen molar-refractivity contribution in [2.45, 2.75) is 26.4 Å². The number of aliphatic imine (C=N–C) groups is 1. The lowest BCUT2D eigenvalue weighted by Crippen LogP contribution is -2.37. The minimum Gasteiger partial charge on any atom is -0.378 e. The molecule has 152 valence electrons. The molecule has 0 amide bonds. The van der Waals surface area contributed by atoms with Crippen LogP contribution < -0.4 is 15.5 Å². The van der Waals surface area contributed by atoms with E-state index < -0.39 is 0 Å². The molecule has 6 heteroatoms. The first-order valence-electron chi connectivity index (χ1n) is 9.73. The number of hydrogen-bond acceptors (Lipinski definition) is 3. The van der Waals surface area contributed by atoms with Crippen molar-refractivity contribution in [1.82, 2.24) is 10.6 Å². The lowest BCUT2D eigenvalue weighted by atomic mass is 10.1. The first kappa shape index (κ1) is 22.5. The average Bonchev–Trinajstić information content (AvgIpc) is 2.75. The second-order valence-corrected chi connectivity index (χ2v) is 6.67. The Labute approximate surface area is 185 Å². The van der Waals surface area contributed by atoms with E-state index in [0.29, 0.717) is 0 Å². The summed E-state index contributed by atoms with van der Waals surface area (Å²) >= 11 is 0. The smallest absolute Gasteiger partial charge is 0.191 e. The van der Waals surface area contributed by atoms with Gasteiger partial charge in [0.2, 0.25) is 0 Å². The first-order valence-corrected chi connectivity index (χ1v) is 9.73. The van der Waals surface area contributed by atoms with Crippen LogP contribution in [-0.2, 0) is 24.2 Å². The maximum Gasteiger partial charge on any atom is 0.191 e. The van der Waals surface area contributed by atoms with E-state index in [1.165, 1.54) is 22.4 Å². The van der Waals surface area contributed by atoms with E-state index in [0.717, 1.165) is 51.8 Å². The van der Waals surface area contributed by atoms with Crippen molar-refractivity contribution in [3.05, 3.63) is 65.2 Å². The first-order chi connectivity index (χ1) is 13.3. The number of hydrogen-bond donors (Lipinski definition) is 2. The van der Waals surface area contributed by atoms with E-state index >= 15 is 0 Å². The summed E-state index contributed by atoms with van der Waals surface area (Å²) in [5, 5.41) is 6.81. The molecule has 0 spiro atoms. The largest absolute Gasteiger partial charge is 0.378 e. The van der Waals surface area contributed by atoms with Crippen molar-refractivity contribution in [3.63, 3.8) is 0 Å². The fraction of sp³-hybridized carbons (Fsp3) is 0.409. The molecule has 2 N–H and O–H groups in total. The number of aryl methyl sites for hydroxylation is 1. The number of nitrogens with zero attached hydrogens (tertiary/aromatic N) is 2. The van der Waals surface area contributed by atoms with Crippen LogP contribution in [0.3, 0.4) is 0 Å². The summed E-state index contributed by atoms with van der Waals surface area (Å²) < 4.78 is 5.42. The number of guanidine groups is 1. The third-order valence-corrected chi connectivity index (χ3v) is 4.94. The van der Waals surface area contributed by atoms with E-state index in [-0.39, 0.29) is 24.0 Å². The SMILES string of the molecule is CCc1ccccc1CNC(=NC)NCc1ccc(N2CCOCC2)cc1.I. The molecule has 1 heterocycles. The maximum atomic E-state index is 5.42. The zero-order chi connectivity index (χ0) is 18.9. The Morgan fingerprint density at radius 2 is 1.61 bits per heavy atom. The topological polar surface area (TPSA) is 48.9 Å². The normalized spacial score (nSPS) is 14.4. The van der Waals surface area contributed by atoms with Crippen LogP contribution in [-0.4, -0.2) is 39.3 Å². The number of halogens is 1. The van der Waals surface area contributed by atoms with Gasteiger partial charge in [0.25, 0.3) is 0 Å². The molecule has 0 aromatic heterocycles. The van der Waals surface area contributed by atoms with E-state index in [2.05, 4.69) is 76.0 Å². The van der Waals surface area contributed by atoms with Gasteiger partial charge in [0.15, 0.2) is 5.96 Å². The minimum absolute atomic E-state index is 0. The highest BCUT2D eigenvalue weighted by atomic mass is 127. The number of rotatable bonds is 6. The molecule has 1 aliphatic heterocycles. The fourth-order valence-corrected chi connectivity index (χ4v) is 3.31. The van der Waals surface area contributed by atoms with Gasteiger partial charge in [-0.15, -0.1) is 24.0 Å². The summed E-state index contributed by atoms with van der Waals surface area (Å²) in [4.78, 5) is 6.70. The van der Waals surface area contributed by atoms with Gasteiger partial charge in [-0.1, -0.05) is 43.3 Å². The Balaban J connectivity index is 0.00000280. The van der Waals surface area contributed by atoms with Gasteiger partial charge in [0, 0.05) is 38.9 Å². The molecule has 0 saturated carbocycles. The van der Waals surface area contributed by atoms with Gasteiger partial charge in [-0.05, 0) is 35.2 Å². The van der Waals surface area contributed by atoms with Crippen LogP contribution in [0.15, 0.2) is 53.5 Å². The second-order valence-electron chi connectivity index (χ2n) is 6.67. The molecule has 28 heavy (non-hydrogen) atoms. The van der Waals surface area contributed by atoms with Gasteiger partial charge in [-0.3, -0.25) is 4.99 Å². The van der Waals surface area contributed by atoms with Crippen LogP contribution in [0.1, 0.15) is 23.6 Å². The molecule has 2 aromatic carbocycles. The molecular formula is C22H31IN4O. The van der Waals surface area contributed by atoms with E-state index in [4.69, 9.17) is 4.74 Å². The van der Waals surface area contributed by atoms with Crippen LogP contribution in [0.5, 0.6) is 0 Å². The van der Waals surface area contributed by atoms with Crippen LogP contribution in [0, 0.1) is 0 Å². The predicted molar refractivity (Wildman–Crippen MR) is 128 cm³/mol. The van der Waals surface area contributed by atoms with Gasteiger partial charge in [0.05, 0.1) is 13.2 Å². The van der Waals surface area contributed by atoms with Gasteiger partial charge < -0.3 is 20.3 Å². The highest BCUT2D eigenvalue weighted by Crippen LogP contribution is 2.16. The monoisotopic (exact) mass is 494 g/mol. The zero-order valence-corrected chi connectivity index (χ0v) is 19.1. The Morgan fingerprint density at radius 3 is 2.25 bits per heavy atom. The maximum absolute atomic E-state index is 5.42. The van der Waals surface area contributed by atoms with Crippen LogP contribution in [0.4, 0.5) is 5.69 Å².